The lowest BCUT2D eigenvalue weighted by molar-refractivity contribution is -0.144. The largest absolute Gasteiger partial charge is 0.461 e. The summed E-state index contributed by atoms with van der Waals surface area (Å²) in [6.07, 6.45) is 3.70. The topological polar surface area (TPSA) is 72.8 Å². The molecular weight excluding hydrogens is 366 g/mol. The Hall–Kier alpha value is -3.08. The van der Waals surface area contributed by atoms with E-state index in [2.05, 4.69) is 4.99 Å². The first-order valence-electron chi connectivity index (χ1n) is 10.1. The van der Waals surface area contributed by atoms with Gasteiger partial charge < -0.3 is 4.74 Å². The summed E-state index contributed by atoms with van der Waals surface area (Å²) in [7, 11) is 0. The molecule has 1 fully saturated rings. The number of hydrogen-bond acceptors (Lipinski definition) is 5. The number of benzene rings is 2. The van der Waals surface area contributed by atoms with Crippen LogP contribution in [0.25, 0.3) is 0 Å². The highest BCUT2D eigenvalue weighted by Crippen LogP contribution is 2.31. The monoisotopic (exact) mass is 389 g/mol. The van der Waals surface area contributed by atoms with E-state index in [1.54, 1.807) is 36.4 Å². The van der Waals surface area contributed by atoms with Crippen LogP contribution in [-0.4, -0.2) is 29.3 Å². The average molecular weight is 389 g/mol. The minimum Gasteiger partial charge on any atom is -0.461 e. The number of Topliss-reactive ketones (excluding diaryl/α,β-unsaturated/α-hetero) is 1. The van der Waals surface area contributed by atoms with Gasteiger partial charge in [0.15, 0.2) is 5.78 Å². The van der Waals surface area contributed by atoms with Gasteiger partial charge in [-0.3, -0.25) is 19.4 Å². The van der Waals surface area contributed by atoms with Gasteiger partial charge in [-0.2, -0.15) is 0 Å². The fourth-order valence-corrected chi connectivity index (χ4v) is 3.80. The number of aliphatic imine (C=N–C) groups is 1. The Kier molecular flexibility index (Phi) is 5.65. The molecule has 2 aromatic rings. The summed E-state index contributed by atoms with van der Waals surface area (Å²) < 4.78 is 5.34. The summed E-state index contributed by atoms with van der Waals surface area (Å²) >= 11 is 0. The van der Waals surface area contributed by atoms with E-state index >= 15 is 0 Å². The second-order valence-electron chi connectivity index (χ2n) is 7.59. The van der Waals surface area contributed by atoms with E-state index in [1.807, 2.05) is 18.2 Å². The molecule has 148 valence electrons. The van der Waals surface area contributed by atoms with Crippen LogP contribution in [0.15, 0.2) is 59.6 Å². The SMILES string of the molecule is O=C(CC1N=C1C1CCCCC1=O)OCc1ccc(C(=O)c2ccccc2)cc1. The summed E-state index contributed by atoms with van der Waals surface area (Å²) in [5, 5.41) is 0. The van der Waals surface area contributed by atoms with Crippen molar-refractivity contribution in [1.82, 2.24) is 0 Å². The van der Waals surface area contributed by atoms with E-state index in [-0.39, 0.29) is 42.5 Å². The molecule has 0 saturated heterocycles. The molecule has 5 heteroatoms. The fourth-order valence-electron chi connectivity index (χ4n) is 3.80. The van der Waals surface area contributed by atoms with E-state index in [9.17, 15) is 14.4 Å². The number of nitrogens with zero attached hydrogens (tertiary/aromatic N) is 1. The standard InChI is InChI=1S/C24H23NO4/c26-21-9-5-4-8-19(21)23-20(25-23)14-22(27)29-15-16-10-12-18(13-11-16)24(28)17-6-2-1-3-7-17/h1-3,6-7,10-13,19-20H,4-5,8-9,14-15H2. The normalized spacial score (nSPS) is 20.7. The van der Waals surface area contributed by atoms with Gasteiger partial charge in [0.05, 0.1) is 18.4 Å². The number of carbonyl (C=O) groups is 3. The van der Waals surface area contributed by atoms with Crippen molar-refractivity contribution in [3.05, 3.63) is 71.3 Å². The molecule has 2 atom stereocenters. The van der Waals surface area contributed by atoms with Crippen molar-refractivity contribution < 1.29 is 19.1 Å². The van der Waals surface area contributed by atoms with Gasteiger partial charge in [0.2, 0.25) is 0 Å². The fraction of sp³-hybridized carbons (Fsp3) is 0.333. The maximum atomic E-state index is 12.4. The lowest BCUT2D eigenvalue weighted by Gasteiger charge is -2.17. The second kappa shape index (κ2) is 8.52. The summed E-state index contributed by atoms with van der Waals surface area (Å²) in [5.41, 5.74) is 2.94. The zero-order valence-electron chi connectivity index (χ0n) is 16.2. The predicted octanol–water partition coefficient (Wildman–Crippen LogP) is 3.93. The number of esters is 1. The van der Waals surface area contributed by atoms with Crippen LogP contribution in [0.5, 0.6) is 0 Å². The molecule has 1 saturated carbocycles. The second-order valence-corrected chi connectivity index (χ2v) is 7.59. The van der Waals surface area contributed by atoms with Gasteiger partial charge in [-0.25, -0.2) is 0 Å². The van der Waals surface area contributed by atoms with Crippen LogP contribution in [0.4, 0.5) is 0 Å². The van der Waals surface area contributed by atoms with E-state index in [1.165, 1.54) is 0 Å². The minimum absolute atomic E-state index is 0.0372. The highest BCUT2D eigenvalue weighted by atomic mass is 16.5. The zero-order valence-corrected chi connectivity index (χ0v) is 16.2. The molecule has 0 spiro atoms. The van der Waals surface area contributed by atoms with Crippen LogP contribution >= 0.6 is 0 Å². The number of rotatable bonds is 7. The molecule has 0 aromatic heterocycles. The van der Waals surface area contributed by atoms with Crippen molar-refractivity contribution in [2.75, 3.05) is 0 Å². The van der Waals surface area contributed by atoms with Gasteiger partial charge in [-0.05, 0) is 18.4 Å². The van der Waals surface area contributed by atoms with E-state index in [0.29, 0.717) is 17.5 Å². The molecule has 1 heterocycles. The van der Waals surface area contributed by atoms with Gasteiger partial charge in [-0.15, -0.1) is 0 Å². The smallest absolute Gasteiger partial charge is 0.308 e. The van der Waals surface area contributed by atoms with Gasteiger partial charge in [0, 0.05) is 23.3 Å². The summed E-state index contributed by atoms with van der Waals surface area (Å²) in [5.74, 6) is -0.168. The molecule has 4 rings (SSSR count). The Balaban J connectivity index is 1.24. The van der Waals surface area contributed by atoms with Crippen LogP contribution < -0.4 is 0 Å². The van der Waals surface area contributed by atoms with E-state index in [0.717, 1.165) is 30.5 Å². The highest BCUT2D eigenvalue weighted by molar-refractivity contribution is 6.15. The predicted molar refractivity (Wildman–Crippen MR) is 109 cm³/mol. The Bertz CT molecular complexity index is 947. The third kappa shape index (κ3) is 4.67. The summed E-state index contributed by atoms with van der Waals surface area (Å²) in [6, 6.07) is 16.0. The maximum absolute atomic E-state index is 12.4. The number of ether oxygens (including phenoxy) is 1. The lowest BCUT2D eigenvalue weighted by Crippen LogP contribution is -2.26. The first kappa shape index (κ1) is 19.2. The number of carbonyl (C=O) groups excluding carboxylic acids is 3. The van der Waals surface area contributed by atoms with Crippen LogP contribution in [0, 0.1) is 5.92 Å². The maximum Gasteiger partial charge on any atom is 0.308 e. The third-order valence-corrected chi connectivity index (χ3v) is 5.50. The zero-order chi connectivity index (χ0) is 20.2. The van der Waals surface area contributed by atoms with Gasteiger partial charge in [-0.1, -0.05) is 61.0 Å². The van der Waals surface area contributed by atoms with Crippen molar-refractivity contribution in [3.63, 3.8) is 0 Å². The Labute approximate surface area is 169 Å². The number of ketones is 2. The van der Waals surface area contributed by atoms with Crippen molar-refractivity contribution in [1.29, 1.82) is 0 Å². The van der Waals surface area contributed by atoms with Crippen molar-refractivity contribution in [3.8, 4) is 0 Å². The molecular formula is C24H23NO4. The molecule has 29 heavy (non-hydrogen) atoms. The molecule has 2 aliphatic rings. The molecule has 0 bridgehead atoms. The van der Waals surface area contributed by atoms with Crippen molar-refractivity contribution in [2.24, 2.45) is 10.9 Å². The first-order valence-corrected chi connectivity index (χ1v) is 10.1. The molecule has 2 aromatic carbocycles. The summed E-state index contributed by atoms with van der Waals surface area (Å²) in [4.78, 5) is 40.8. The molecule has 0 radical (unpaired) electrons. The summed E-state index contributed by atoms with van der Waals surface area (Å²) in [6.45, 7) is 0.156. The van der Waals surface area contributed by atoms with Crippen molar-refractivity contribution in [2.45, 2.75) is 44.8 Å². The highest BCUT2D eigenvalue weighted by Gasteiger charge is 2.40. The molecule has 0 N–H and O–H groups in total. The van der Waals surface area contributed by atoms with Crippen LogP contribution in [-0.2, 0) is 20.9 Å². The molecule has 2 unspecified atom stereocenters. The minimum atomic E-state index is -0.318. The molecule has 5 nitrogen and oxygen atoms in total. The van der Waals surface area contributed by atoms with Crippen molar-refractivity contribution >= 4 is 23.2 Å². The quantitative estimate of drug-likeness (QED) is 0.531. The van der Waals surface area contributed by atoms with E-state index in [4.69, 9.17) is 4.74 Å². The Morgan fingerprint density at radius 2 is 1.69 bits per heavy atom. The first-order chi connectivity index (χ1) is 14.1. The van der Waals surface area contributed by atoms with E-state index < -0.39 is 0 Å². The molecule has 0 amide bonds. The third-order valence-electron chi connectivity index (χ3n) is 5.50. The molecule has 1 aliphatic heterocycles. The average Bonchev–Trinajstić information content (AvgIpc) is 3.51. The van der Waals surface area contributed by atoms with Crippen LogP contribution in [0.1, 0.15) is 53.6 Å². The lowest BCUT2D eigenvalue weighted by atomic mass is 9.84. The van der Waals surface area contributed by atoms with Gasteiger partial charge in [0.25, 0.3) is 0 Å². The van der Waals surface area contributed by atoms with Crippen LogP contribution in [0.3, 0.4) is 0 Å². The van der Waals surface area contributed by atoms with Gasteiger partial charge in [0.1, 0.15) is 12.4 Å². The van der Waals surface area contributed by atoms with Crippen LogP contribution in [0.2, 0.25) is 0 Å². The number of hydrogen-bond donors (Lipinski definition) is 0. The molecule has 1 aliphatic carbocycles. The Morgan fingerprint density at radius 1 is 0.966 bits per heavy atom. The van der Waals surface area contributed by atoms with Gasteiger partial charge >= 0.3 is 5.97 Å². The Morgan fingerprint density at radius 3 is 2.41 bits per heavy atom.